The topological polar surface area (TPSA) is 112 Å². The van der Waals surface area contributed by atoms with E-state index in [1.165, 1.54) is 12.4 Å². The minimum Gasteiger partial charge on any atom is -0.311 e. The van der Waals surface area contributed by atoms with Gasteiger partial charge in [-0.1, -0.05) is 12.1 Å². The summed E-state index contributed by atoms with van der Waals surface area (Å²) >= 11 is 1.13. The smallest absolute Gasteiger partial charge is 0.284 e. The molecule has 3 heterocycles. The molecule has 30 heavy (non-hydrogen) atoms. The van der Waals surface area contributed by atoms with Crippen molar-refractivity contribution < 1.29 is 9.72 Å². The van der Waals surface area contributed by atoms with E-state index < -0.39 is 4.92 Å². The van der Waals surface area contributed by atoms with Crippen molar-refractivity contribution >= 4 is 40.3 Å². The number of anilines is 1. The molecule has 0 saturated carbocycles. The van der Waals surface area contributed by atoms with E-state index in [1.54, 1.807) is 28.6 Å². The molecular formula is C19H15N7O3S. The fourth-order valence-electron chi connectivity index (χ4n) is 3.48. The van der Waals surface area contributed by atoms with E-state index in [0.29, 0.717) is 29.1 Å². The second-order valence-electron chi connectivity index (χ2n) is 6.78. The number of carbonyl (C=O) groups is 1. The minimum atomic E-state index is -0.491. The van der Waals surface area contributed by atoms with Gasteiger partial charge in [-0.2, -0.15) is 0 Å². The number of aromatic nitrogens is 5. The SMILES string of the molecule is Cn1cnnc1Sc1ccc(C(=O)N2CCn3c2nc2ccccc23)cc1[N+](=O)[O-]. The van der Waals surface area contributed by atoms with E-state index in [1.807, 2.05) is 28.8 Å². The van der Waals surface area contributed by atoms with Crippen LogP contribution in [-0.4, -0.2) is 41.7 Å². The molecule has 0 saturated heterocycles. The first-order valence-corrected chi connectivity index (χ1v) is 9.92. The maximum absolute atomic E-state index is 13.2. The van der Waals surface area contributed by atoms with Gasteiger partial charge in [-0.15, -0.1) is 10.2 Å². The van der Waals surface area contributed by atoms with Crippen LogP contribution in [0.15, 0.2) is 58.8 Å². The van der Waals surface area contributed by atoms with Crippen LogP contribution in [0.1, 0.15) is 10.4 Å². The molecule has 11 heteroatoms. The first-order chi connectivity index (χ1) is 14.5. The number of nitro benzene ring substituents is 1. The normalized spacial score (nSPS) is 13.0. The number of nitro groups is 1. The number of rotatable bonds is 4. The van der Waals surface area contributed by atoms with Crippen LogP contribution >= 0.6 is 11.8 Å². The van der Waals surface area contributed by atoms with Crippen LogP contribution in [0.4, 0.5) is 11.6 Å². The predicted molar refractivity (Wildman–Crippen MR) is 110 cm³/mol. The number of hydrogen-bond acceptors (Lipinski definition) is 7. The Morgan fingerprint density at radius 3 is 2.80 bits per heavy atom. The Bertz CT molecular complexity index is 1310. The molecule has 2 aromatic heterocycles. The molecule has 5 rings (SSSR count). The van der Waals surface area contributed by atoms with Crippen LogP contribution in [-0.2, 0) is 13.6 Å². The molecule has 0 radical (unpaired) electrons. The van der Waals surface area contributed by atoms with Gasteiger partial charge in [-0.25, -0.2) is 4.98 Å². The fraction of sp³-hybridized carbons (Fsp3) is 0.158. The monoisotopic (exact) mass is 421 g/mol. The Kier molecular flexibility index (Phi) is 4.24. The summed E-state index contributed by atoms with van der Waals surface area (Å²) < 4.78 is 3.65. The number of nitrogens with zero attached hydrogens (tertiary/aromatic N) is 7. The van der Waals surface area contributed by atoms with E-state index in [2.05, 4.69) is 15.2 Å². The highest BCUT2D eigenvalue weighted by molar-refractivity contribution is 7.99. The summed E-state index contributed by atoms with van der Waals surface area (Å²) in [5.41, 5.74) is 1.86. The van der Waals surface area contributed by atoms with Gasteiger partial charge in [0.2, 0.25) is 5.95 Å². The third-order valence-corrected chi connectivity index (χ3v) is 6.06. The Hall–Kier alpha value is -3.73. The average molecular weight is 421 g/mol. The Balaban J connectivity index is 1.49. The highest BCUT2D eigenvalue weighted by Crippen LogP contribution is 2.35. The summed E-state index contributed by atoms with van der Waals surface area (Å²) in [7, 11) is 1.76. The van der Waals surface area contributed by atoms with Crippen molar-refractivity contribution in [3.63, 3.8) is 0 Å². The molecule has 2 aromatic carbocycles. The van der Waals surface area contributed by atoms with Crippen LogP contribution in [0.3, 0.4) is 0 Å². The minimum absolute atomic E-state index is 0.151. The van der Waals surface area contributed by atoms with Crippen LogP contribution in [0, 0.1) is 10.1 Å². The summed E-state index contributed by atoms with van der Waals surface area (Å²) in [4.78, 5) is 30.8. The number of aryl methyl sites for hydroxylation is 1. The van der Waals surface area contributed by atoms with Gasteiger partial charge < -0.3 is 9.13 Å². The summed E-state index contributed by atoms with van der Waals surface area (Å²) in [6.07, 6.45) is 1.52. The van der Waals surface area contributed by atoms with Gasteiger partial charge in [0.15, 0.2) is 5.16 Å². The third kappa shape index (κ3) is 2.90. The molecule has 150 valence electrons. The van der Waals surface area contributed by atoms with E-state index in [9.17, 15) is 14.9 Å². The molecule has 10 nitrogen and oxygen atoms in total. The zero-order valence-corrected chi connectivity index (χ0v) is 16.6. The molecule has 0 N–H and O–H groups in total. The van der Waals surface area contributed by atoms with Gasteiger partial charge in [-0.05, 0) is 36.0 Å². The fourth-order valence-corrected chi connectivity index (χ4v) is 4.33. The lowest BCUT2D eigenvalue weighted by molar-refractivity contribution is -0.387. The zero-order chi connectivity index (χ0) is 20.8. The second-order valence-corrected chi connectivity index (χ2v) is 7.78. The van der Waals surface area contributed by atoms with E-state index >= 15 is 0 Å². The Morgan fingerprint density at radius 2 is 2.03 bits per heavy atom. The number of benzene rings is 2. The molecule has 1 aliphatic heterocycles. The first kappa shape index (κ1) is 18.3. The van der Waals surface area contributed by atoms with Crippen LogP contribution in [0.5, 0.6) is 0 Å². The molecule has 4 aromatic rings. The molecule has 0 atom stereocenters. The van der Waals surface area contributed by atoms with E-state index in [4.69, 9.17) is 0 Å². The lowest BCUT2D eigenvalue weighted by atomic mass is 10.2. The summed E-state index contributed by atoms with van der Waals surface area (Å²) in [6.45, 7) is 1.10. The van der Waals surface area contributed by atoms with Crippen molar-refractivity contribution in [3.05, 3.63) is 64.5 Å². The first-order valence-electron chi connectivity index (χ1n) is 9.10. The third-order valence-electron chi connectivity index (χ3n) is 4.94. The standard InChI is InChI=1S/C19H15N7O3S/c1-23-11-20-22-19(23)30-16-7-6-12(10-15(16)26(28)29)17(27)25-9-8-24-14-5-3-2-4-13(14)21-18(24)25/h2-7,10-11H,8-9H2,1H3. The molecular weight excluding hydrogens is 406 g/mol. The number of fused-ring (bicyclic) bond motifs is 3. The molecule has 0 spiro atoms. The van der Waals surface area contributed by atoms with Gasteiger partial charge in [0.05, 0.1) is 20.9 Å². The van der Waals surface area contributed by atoms with Crippen molar-refractivity contribution in [2.75, 3.05) is 11.4 Å². The van der Waals surface area contributed by atoms with Gasteiger partial charge in [0, 0.05) is 31.8 Å². The molecule has 1 amide bonds. The van der Waals surface area contributed by atoms with Crippen molar-refractivity contribution in [1.82, 2.24) is 24.3 Å². The average Bonchev–Trinajstić information content (AvgIpc) is 3.43. The summed E-state index contributed by atoms with van der Waals surface area (Å²) in [5.74, 6) is 0.240. The van der Waals surface area contributed by atoms with E-state index in [0.717, 1.165) is 22.8 Å². The Labute approximate surface area is 174 Å². The van der Waals surface area contributed by atoms with Crippen LogP contribution in [0.25, 0.3) is 11.0 Å². The highest BCUT2D eigenvalue weighted by atomic mass is 32.2. The van der Waals surface area contributed by atoms with Gasteiger partial charge in [0.1, 0.15) is 6.33 Å². The number of imidazole rings is 1. The second kappa shape index (κ2) is 6.95. The van der Waals surface area contributed by atoms with Crippen molar-refractivity contribution in [1.29, 1.82) is 0 Å². The number of para-hydroxylation sites is 2. The molecule has 0 unspecified atom stereocenters. The van der Waals surface area contributed by atoms with Crippen molar-refractivity contribution in [2.24, 2.45) is 7.05 Å². The molecule has 1 aliphatic rings. The van der Waals surface area contributed by atoms with Crippen LogP contribution in [0.2, 0.25) is 0 Å². The zero-order valence-electron chi connectivity index (χ0n) is 15.8. The lowest BCUT2D eigenvalue weighted by Gasteiger charge is -2.14. The highest BCUT2D eigenvalue weighted by Gasteiger charge is 2.30. The summed E-state index contributed by atoms with van der Waals surface area (Å²) in [6, 6.07) is 12.2. The van der Waals surface area contributed by atoms with Crippen molar-refractivity contribution in [2.45, 2.75) is 16.6 Å². The van der Waals surface area contributed by atoms with Gasteiger partial charge in [0.25, 0.3) is 11.6 Å². The number of carbonyl (C=O) groups excluding carboxylic acids is 1. The molecule has 0 bridgehead atoms. The largest absolute Gasteiger partial charge is 0.311 e. The summed E-state index contributed by atoms with van der Waals surface area (Å²) in [5, 5.41) is 19.9. The maximum atomic E-state index is 13.2. The lowest BCUT2D eigenvalue weighted by Crippen LogP contribution is -2.29. The maximum Gasteiger partial charge on any atom is 0.284 e. The van der Waals surface area contributed by atoms with Crippen molar-refractivity contribution in [3.8, 4) is 0 Å². The number of hydrogen-bond donors (Lipinski definition) is 0. The van der Waals surface area contributed by atoms with Gasteiger partial charge in [-0.3, -0.25) is 19.8 Å². The quantitative estimate of drug-likeness (QED) is 0.368. The van der Waals surface area contributed by atoms with Crippen LogP contribution < -0.4 is 4.90 Å². The Morgan fingerprint density at radius 1 is 1.20 bits per heavy atom. The number of amides is 1. The van der Waals surface area contributed by atoms with E-state index in [-0.39, 0.29) is 17.2 Å². The molecule has 0 aliphatic carbocycles. The van der Waals surface area contributed by atoms with Gasteiger partial charge >= 0.3 is 0 Å². The molecule has 0 fully saturated rings. The predicted octanol–water partition coefficient (Wildman–Crippen LogP) is 2.88.